The lowest BCUT2D eigenvalue weighted by molar-refractivity contribution is 0.159. The predicted octanol–water partition coefficient (Wildman–Crippen LogP) is 6.48. The van der Waals surface area contributed by atoms with Gasteiger partial charge in [-0.3, -0.25) is 0 Å². The molecule has 0 fully saturated rings. The van der Waals surface area contributed by atoms with E-state index in [1.165, 1.54) is 0 Å². The number of fused-ring (bicyclic) bond motifs is 1. The van der Waals surface area contributed by atoms with E-state index in [0.717, 1.165) is 50.8 Å². The molecule has 178 valence electrons. The van der Waals surface area contributed by atoms with Gasteiger partial charge in [-0.1, -0.05) is 54.3 Å². The molecule has 4 heteroatoms. The van der Waals surface area contributed by atoms with Crippen LogP contribution in [0.3, 0.4) is 0 Å². The van der Waals surface area contributed by atoms with Crippen molar-refractivity contribution in [1.82, 2.24) is 0 Å². The Balaban J connectivity index is 1.73. The zero-order chi connectivity index (χ0) is 25.0. The van der Waals surface area contributed by atoms with Crippen molar-refractivity contribution in [2.75, 3.05) is 21.3 Å². The van der Waals surface area contributed by atoms with Gasteiger partial charge in [-0.05, 0) is 60.7 Å². The topological polar surface area (TPSA) is 36.9 Å². The first-order valence-corrected chi connectivity index (χ1v) is 11.6. The summed E-state index contributed by atoms with van der Waals surface area (Å²) in [6, 6.07) is 31.6. The zero-order valence-corrected chi connectivity index (χ0v) is 20.4. The van der Waals surface area contributed by atoms with E-state index in [1.807, 2.05) is 97.1 Å². The van der Waals surface area contributed by atoms with Gasteiger partial charge in [0.2, 0.25) is 0 Å². The standard InChI is InChI=1S/C32H26O4/c1-33-27-18-15-23(16-19-27)14-17-24-22-32(25-8-6-10-28(20-25)34-2,26-9-7-11-29(21-26)35-3)36-31-13-5-4-12-30(24)31/h4-13,15-16,18-22H,1-3H3. The quantitative estimate of drug-likeness (QED) is 0.310. The van der Waals surface area contributed by atoms with Crippen molar-refractivity contribution in [2.24, 2.45) is 0 Å². The smallest absolute Gasteiger partial charge is 0.179 e. The van der Waals surface area contributed by atoms with E-state index in [-0.39, 0.29) is 0 Å². The van der Waals surface area contributed by atoms with Crippen molar-refractivity contribution >= 4 is 5.57 Å². The number of para-hydroxylation sites is 1. The van der Waals surface area contributed by atoms with Crippen LogP contribution in [0.1, 0.15) is 22.3 Å². The van der Waals surface area contributed by atoms with Gasteiger partial charge in [0.25, 0.3) is 0 Å². The maximum Gasteiger partial charge on any atom is 0.179 e. The lowest BCUT2D eigenvalue weighted by atomic mass is 9.81. The van der Waals surface area contributed by atoms with E-state index >= 15 is 0 Å². The number of rotatable bonds is 5. The Morgan fingerprint density at radius 1 is 0.611 bits per heavy atom. The normalized spacial score (nSPS) is 13.2. The summed E-state index contributed by atoms with van der Waals surface area (Å²) < 4.78 is 23.2. The number of ether oxygens (including phenoxy) is 4. The molecule has 0 spiro atoms. The molecule has 0 saturated carbocycles. The van der Waals surface area contributed by atoms with Crippen LogP contribution in [0, 0.1) is 11.8 Å². The van der Waals surface area contributed by atoms with Gasteiger partial charge in [0.15, 0.2) is 5.60 Å². The first-order valence-electron chi connectivity index (χ1n) is 11.6. The monoisotopic (exact) mass is 474 g/mol. The third kappa shape index (κ3) is 4.39. The molecule has 5 rings (SSSR count). The second-order valence-electron chi connectivity index (χ2n) is 8.33. The average Bonchev–Trinajstić information content (AvgIpc) is 2.96. The van der Waals surface area contributed by atoms with Crippen molar-refractivity contribution in [3.8, 4) is 34.8 Å². The highest BCUT2D eigenvalue weighted by Gasteiger charge is 2.39. The number of allylic oxidation sites excluding steroid dienone is 1. The minimum absolute atomic E-state index is 0.747. The van der Waals surface area contributed by atoms with Gasteiger partial charge >= 0.3 is 0 Å². The van der Waals surface area contributed by atoms with Gasteiger partial charge < -0.3 is 18.9 Å². The Morgan fingerprint density at radius 3 is 1.83 bits per heavy atom. The van der Waals surface area contributed by atoms with Crippen LogP contribution in [0.15, 0.2) is 103 Å². The molecule has 4 aromatic carbocycles. The fourth-order valence-corrected chi connectivity index (χ4v) is 4.34. The number of methoxy groups -OCH3 is 3. The molecule has 36 heavy (non-hydrogen) atoms. The molecule has 1 aliphatic rings. The number of hydrogen-bond donors (Lipinski definition) is 0. The van der Waals surface area contributed by atoms with Crippen molar-refractivity contribution in [2.45, 2.75) is 5.60 Å². The molecule has 0 radical (unpaired) electrons. The first-order chi connectivity index (χ1) is 17.6. The second-order valence-corrected chi connectivity index (χ2v) is 8.33. The molecule has 4 nitrogen and oxygen atoms in total. The molecule has 1 heterocycles. The minimum atomic E-state index is -0.943. The Bertz CT molecular complexity index is 1420. The summed E-state index contributed by atoms with van der Waals surface area (Å²) in [7, 11) is 4.98. The summed E-state index contributed by atoms with van der Waals surface area (Å²) in [6.07, 6.45) is 2.09. The van der Waals surface area contributed by atoms with Crippen LogP contribution < -0.4 is 18.9 Å². The average molecular weight is 475 g/mol. The SMILES string of the molecule is COc1ccc(C#CC2=CC(c3cccc(OC)c3)(c3cccc(OC)c3)Oc3ccccc32)cc1. The summed E-state index contributed by atoms with van der Waals surface area (Å²) in [5, 5.41) is 0. The highest BCUT2D eigenvalue weighted by molar-refractivity contribution is 5.85. The highest BCUT2D eigenvalue weighted by Crippen LogP contribution is 2.46. The maximum absolute atomic E-state index is 6.83. The lowest BCUT2D eigenvalue weighted by Crippen LogP contribution is -2.35. The minimum Gasteiger partial charge on any atom is -0.497 e. The first kappa shape index (κ1) is 23.1. The van der Waals surface area contributed by atoms with Crippen molar-refractivity contribution in [1.29, 1.82) is 0 Å². The number of hydrogen-bond acceptors (Lipinski definition) is 4. The molecule has 1 aliphatic heterocycles. The maximum atomic E-state index is 6.83. The molecule has 0 aliphatic carbocycles. The molecular weight excluding hydrogens is 448 g/mol. The van der Waals surface area contributed by atoms with E-state index in [0.29, 0.717) is 0 Å². The summed E-state index contributed by atoms with van der Waals surface area (Å²) in [4.78, 5) is 0. The molecule has 0 bridgehead atoms. The van der Waals surface area contributed by atoms with Crippen LogP contribution in [0.2, 0.25) is 0 Å². The molecule has 0 N–H and O–H groups in total. The highest BCUT2D eigenvalue weighted by atomic mass is 16.5. The van der Waals surface area contributed by atoms with E-state index in [4.69, 9.17) is 18.9 Å². The Kier molecular flexibility index (Phi) is 6.38. The van der Waals surface area contributed by atoms with Crippen LogP contribution in [-0.2, 0) is 5.60 Å². The second kappa shape index (κ2) is 9.93. The molecule has 0 saturated heterocycles. The zero-order valence-electron chi connectivity index (χ0n) is 20.4. The van der Waals surface area contributed by atoms with E-state index in [1.54, 1.807) is 21.3 Å². The van der Waals surface area contributed by atoms with Gasteiger partial charge in [0.05, 0.1) is 21.3 Å². The van der Waals surface area contributed by atoms with Crippen LogP contribution >= 0.6 is 0 Å². The van der Waals surface area contributed by atoms with E-state index in [2.05, 4.69) is 17.9 Å². The summed E-state index contributed by atoms with van der Waals surface area (Å²) >= 11 is 0. The van der Waals surface area contributed by atoms with Gasteiger partial charge in [-0.15, -0.1) is 0 Å². The summed E-state index contributed by atoms with van der Waals surface area (Å²) in [5.74, 6) is 9.77. The lowest BCUT2D eigenvalue weighted by Gasteiger charge is -2.37. The summed E-state index contributed by atoms with van der Waals surface area (Å²) in [6.45, 7) is 0. The summed E-state index contributed by atoms with van der Waals surface area (Å²) in [5.41, 5.74) is 3.62. The van der Waals surface area contributed by atoms with Crippen LogP contribution in [-0.4, -0.2) is 21.3 Å². The van der Waals surface area contributed by atoms with Crippen LogP contribution in [0.25, 0.3) is 5.57 Å². The van der Waals surface area contributed by atoms with E-state index in [9.17, 15) is 0 Å². The van der Waals surface area contributed by atoms with Gasteiger partial charge in [-0.25, -0.2) is 0 Å². The molecule has 0 atom stereocenters. The van der Waals surface area contributed by atoms with E-state index < -0.39 is 5.60 Å². The van der Waals surface area contributed by atoms with Gasteiger partial charge in [0.1, 0.15) is 23.0 Å². The Labute approximate surface area is 211 Å². The third-order valence-electron chi connectivity index (χ3n) is 6.22. The van der Waals surface area contributed by atoms with Crippen molar-refractivity contribution < 1.29 is 18.9 Å². The fourth-order valence-electron chi connectivity index (χ4n) is 4.34. The Hall–Kier alpha value is -4.62. The molecule has 0 unspecified atom stereocenters. The molecular formula is C32H26O4. The van der Waals surface area contributed by atoms with Gasteiger partial charge in [-0.2, -0.15) is 0 Å². The number of benzene rings is 4. The predicted molar refractivity (Wildman–Crippen MR) is 142 cm³/mol. The molecule has 0 aromatic heterocycles. The Morgan fingerprint density at radius 2 is 1.22 bits per heavy atom. The largest absolute Gasteiger partial charge is 0.497 e. The van der Waals surface area contributed by atoms with Crippen LogP contribution in [0.5, 0.6) is 23.0 Å². The molecule has 4 aromatic rings. The fraction of sp³-hybridized carbons (Fsp3) is 0.125. The molecule has 0 amide bonds. The van der Waals surface area contributed by atoms with Crippen molar-refractivity contribution in [3.63, 3.8) is 0 Å². The third-order valence-corrected chi connectivity index (χ3v) is 6.22. The van der Waals surface area contributed by atoms with Crippen LogP contribution in [0.4, 0.5) is 0 Å². The van der Waals surface area contributed by atoms with Crippen molar-refractivity contribution in [3.05, 3.63) is 125 Å². The van der Waals surface area contributed by atoms with Gasteiger partial charge in [0, 0.05) is 27.8 Å².